The normalized spacial score (nSPS) is 17.7. The number of H-pyrrole nitrogens is 1. The van der Waals surface area contributed by atoms with Crippen molar-refractivity contribution < 1.29 is 9.47 Å². The van der Waals surface area contributed by atoms with E-state index < -0.39 is 0 Å². The van der Waals surface area contributed by atoms with Crippen molar-refractivity contribution in [3.63, 3.8) is 0 Å². The van der Waals surface area contributed by atoms with Gasteiger partial charge in [0.25, 0.3) is 0 Å². The van der Waals surface area contributed by atoms with Crippen LogP contribution in [0.1, 0.15) is 30.3 Å². The number of nitrogens with zero attached hydrogens (tertiary/aromatic N) is 3. The van der Waals surface area contributed by atoms with Gasteiger partial charge in [-0.2, -0.15) is 0 Å². The molecule has 0 radical (unpaired) electrons. The highest BCUT2D eigenvalue weighted by molar-refractivity contribution is 6.29. The molecule has 0 amide bonds. The highest BCUT2D eigenvalue weighted by Crippen LogP contribution is 2.31. The van der Waals surface area contributed by atoms with Gasteiger partial charge in [0, 0.05) is 18.7 Å². The third-order valence-corrected chi connectivity index (χ3v) is 4.04. The van der Waals surface area contributed by atoms with Crippen molar-refractivity contribution in [1.82, 2.24) is 19.9 Å². The van der Waals surface area contributed by atoms with Crippen LogP contribution in [-0.4, -0.2) is 26.5 Å². The lowest BCUT2D eigenvalue weighted by Crippen LogP contribution is -1.97. The van der Waals surface area contributed by atoms with E-state index >= 15 is 0 Å². The molecule has 1 fully saturated rings. The molecule has 0 bridgehead atoms. The Balaban J connectivity index is 1.68. The van der Waals surface area contributed by atoms with Crippen LogP contribution in [0, 0.1) is 6.92 Å². The second-order valence-electron chi connectivity index (χ2n) is 5.54. The Labute approximate surface area is 137 Å². The molecule has 6 nitrogen and oxygen atoms in total. The molecule has 1 saturated heterocycles. The van der Waals surface area contributed by atoms with Gasteiger partial charge in [0.05, 0.1) is 11.0 Å². The molecule has 0 spiro atoms. The molecular weight excluding hydrogens is 316 g/mol. The number of aromatic amines is 1. The minimum Gasteiger partial charge on any atom is -0.439 e. The van der Waals surface area contributed by atoms with Gasteiger partial charge in [-0.3, -0.25) is 0 Å². The molecular formula is C16H15ClN4O2. The zero-order chi connectivity index (χ0) is 15.8. The van der Waals surface area contributed by atoms with E-state index in [0.717, 1.165) is 41.9 Å². The van der Waals surface area contributed by atoms with E-state index in [0.29, 0.717) is 16.8 Å². The van der Waals surface area contributed by atoms with Crippen LogP contribution in [0.25, 0.3) is 11.0 Å². The first-order valence-electron chi connectivity index (χ1n) is 7.46. The van der Waals surface area contributed by atoms with Crippen molar-refractivity contribution in [2.45, 2.75) is 25.9 Å². The van der Waals surface area contributed by atoms with Crippen LogP contribution < -0.4 is 4.74 Å². The number of rotatable bonds is 3. The maximum Gasteiger partial charge on any atom is 0.223 e. The highest BCUT2D eigenvalue weighted by atomic mass is 35.5. The first-order chi connectivity index (χ1) is 11.2. The number of hydrogen-bond donors (Lipinski definition) is 1. The van der Waals surface area contributed by atoms with Gasteiger partial charge in [0.1, 0.15) is 29.2 Å². The van der Waals surface area contributed by atoms with Gasteiger partial charge in [0.2, 0.25) is 5.88 Å². The molecule has 3 heterocycles. The lowest BCUT2D eigenvalue weighted by molar-refractivity contribution is 0.106. The molecule has 3 aromatic rings. The zero-order valence-electron chi connectivity index (χ0n) is 12.5. The van der Waals surface area contributed by atoms with Gasteiger partial charge >= 0.3 is 0 Å². The van der Waals surface area contributed by atoms with Crippen molar-refractivity contribution in [3.05, 3.63) is 41.1 Å². The molecule has 0 saturated carbocycles. The molecule has 118 valence electrons. The Morgan fingerprint density at radius 2 is 2.22 bits per heavy atom. The Morgan fingerprint density at radius 1 is 1.30 bits per heavy atom. The SMILES string of the molecule is Cc1cc(Oc2cc(Cl)ncn2)cc2[nH]c(C3CCCO3)nc12. The molecule has 1 N–H and O–H groups in total. The van der Waals surface area contributed by atoms with Crippen LogP contribution in [0.5, 0.6) is 11.6 Å². The van der Waals surface area contributed by atoms with Crippen LogP contribution in [0.4, 0.5) is 0 Å². The van der Waals surface area contributed by atoms with E-state index in [1.807, 2.05) is 19.1 Å². The van der Waals surface area contributed by atoms with Crippen LogP contribution >= 0.6 is 11.6 Å². The molecule has 1 aliphatic rings. The predicted molar refractivity (Wildman–Crippen MR) is 85.9 cm³/mol. The summed E-state index contributed by atoms with van der Waals surface area (Å²) in [6.45, 7) is 2.80. The highest BCUT2D eigenvalue weighted by Gasteiger charge is 2.21. The minimum atomic E-state index is 0.0619. The van der Waals surface area contributed by atoms with Crippen molar-refractivity contribution in [1.29, 1.82) is 0 Å². The summed E-state index contributed by atoms with van der Waals surface area (Å²) in [5.74, 6) is 1.96. The smallest absolute Gasteiger partial charge is 0.223 e. The summed E-state index contributed by atoms with van der Waals surface area (Å²) in [6, 6.07) is 5.41. The topological polar surface area (TPSA) is 72.9 Å². The molecule has 7 heteroatoms. The fourth-order valence-corrected chi connectivity index (χ4v) is 2.91. The first-order valence-corrected chi connectivity index (χ1v) is 7.84. The number of aryl methyl sites for hydroxylation is 1. The van der Waals surface area contributed by atoms with E-state index in [1.54, 1.807) is 6.07 Å². The Morgan fingerprint density at radius 3 is 3.00 bits per heavy atom. The summed E-state index contributed by atoms with van der Waals surface area (Å²) in [5, 5.41) is 0.343. The summed E-state index contributed by atoms with van der Waals surface area (Å²) in [7, 11) is 0. The van der Waals surface area contributed by atoms with Crippen LogP contribution in [0.3, 0.4) is 0 Å². The molecule has 2 aromatic heterocycles. The van der Waals surface area contributed by atoms with Crippen molar-refractivity contribution in [2.75, 3.05) is 6.61 Å². The van der Waals surface area contributed by atoms with Gasteiger partial charge in [0.15, 0.2) is 0 Å². The third kappa shape index (κ3) is 2.87. The molecule has 1 atom stereocenters. The Bertz CT molecular complexity index is 858. The van der Waals surface area contributed by atoms with Gasteiger partial charge in [-0.05, 0) is 31.4 Å². The molecule has 1 aromatic carbocycles. The molecule has 0 aliphatic carbocycles. The van der Waals surface area contributed by atoms with Crippen molar-refractivity contribution in [2.24, 2.45) is 0 Å². The molecule has 1 aliphatic heterocycles. The fourth-order valence-electron chi connectivity index (χ4n) is 2.78. The second kappa shape index (κ2) is 5.79. The van der Waals surface area contributed by atoms with E-state index in [1.165, 1.54) is 6.33 Å². The first kappa shape index (κ1) is 14.4. The second-order valence-corrected chi connectivity index (χ2v) is 5.93. The van der Waals surface area contributed by atoms with Crippen molar-refractivity contribution >= 4 is 22.6 Å². The monoisotopic (exact) mass is 330 g/mol. The lowest BCUT2D eigenvalue weighted by atomic mass is 10.2. The number of aromatic nitrogens is 4. The van der Waals surface area contributed by atoms with Gasteiger partial charge < -0.3 is 14.5 Å². The zero-order valence-corrected chi connectivity index (χ0v) is 13.3. The van der Waals surface area contributed by atoms with E-state index in [2.05, 4.69) is 19.9 Å². The summed E-state index contributed by atoms with van der Waals surface area (Å²) >= 11 is 5.85. The lowest BCUT2D eigenvalue weighted by Gasteiger charge is -2.05. The van der Waals surface area contributed by atoms with Crippen LogP contribution in [-0.2, 0) is 4.74 Å². The Hall–Kier alpha value is -2.18. The summed E-state index contributed by atoms with van der Waals surface area (Å²) in [4.78, 5) is 15.9. The van der Waals surface area contributed by atoms with E-state index in [9.17, 15) is 0 Å². The molecule has 1 unspecified atom stereocenters. The van der Waals surface area contributed by atoms with Crippen LogP contribution in [0.2, 0.25) is 5.15 Å². The average molecular weight is 331 g/mol. The number of benzene rings is 1. The number of ether oxygens (including phenoxy) is 2. The standard InChI is InChI=1S/C16H15ClN4O2/c1-9-5-10(23-14-7-13(17)18-8-19-14)6-11-15(9)21-16(20-11)12-3-2-4-22-12/h5-8,12H,2-4H2,1H3,(H,20,21). The van der Waals surface area contributed by atoms with E-state index in [-0.39, 0.29) is 6.10 Å². The third-order valence-electron chi connectivity index (χ3n) is 3.83. The minimum absolute atomic E-state index is 0.0619. The van der Waals surface area contributed by atoms with E-state index in [4.69, 9.17) is 21.1 Å². The van der Waals surface area contributed by atoms with Gasteiger partial charge in [-0.25, -0.2) is 15.0 Å². The number of halogens is 1. The number of hydrogen-bond acceptors (Lipinski definition) is 5. The van der Waals surface area contributed by atoms with Crippen LogP contribution in [0.15, 0.2) is 24.5 Å². The number of nitrogens with one attached hydrogen (secondary N) is 1. The number of fused-ring (bicyclic) bond motifs is 1. The maximum atomic E-state index is 5.85. The summed E-state index contributed by atoms with van der Waals surface area (Å²) in [6.07, 6.45) is 3.51. The van der Waals surface area contributed by atoms with Gasteiger partial charge in [-0.1, -0.05) is 11.6 Å². The predicted octanol–water partition coefficient (Wildman–Crippen LogP) is 3.96. The fraction of sp³-hybridized carbons (Fsp3) is 0.312. The summed E-state index contributed by atoms with van der Waals surface area (Å²) < 4.78 is 11.5. The largest absolute Gasteiger partial charge is 0.439 e. The average Bonchev–Trinajstić information content (AvgIpc) is 3.16. The maximum absolute atomic E-state index is 5.85. The van der Waals surface area contributed by atoms with Crippen molar-refractivity contribution in [3.8, 4) is 11.6 Å². The number of imidazole rings is 1. The molecule has 23 heavy (non-hydrogen) atoms. The van der Waals surface area contributed by atoms with Gasteiger partial charge in [-0.15, -0.1) is 0 Å². The summed E-state index contributed by atoms with van der Waals surface area (Å²) in [5.41, 5.74) is 2.88. The quantitative estimate of drug-likeness (QED) is 0.736. The molecule has 4 rings (SSSR count). The Kier molecular flexibility index (Phi) is 3.63.